The Hall–Kier alpha value is -1.26. The first kappa shape index (κ1) is 17.1. The zero-order chi connectivity index (χ0) is 14.5. The Morgan fingerprint density at radius 3 is 2.59 bits per heavy atom. The largest absolute Gasteiger partial charge is 0.493 e. The van der Waals surface area contributed by atoms with Gasteiger partial charge in [0.2, 0.25) is 0 Å². The maximum Gasteiger partial charge on any atom is 0.251 e. The highest BCUT2D eigenvalue weighted by molar-refractivity contribution is 5.94. The van der Waals surface area contributed by atoms with Gasteiger partial charge in [0.1, 0.15) is 5.75 Å². The zero-order valence-corrected chi connectivity index (χ0v) is 13.7. The Morgan fingerprint density at radius 2 is 1.95 bits per heavy atom. The lowest BCUT2D eigenvalue weighted by molar-refractivity contribution is 0.0951. The molecule has 0 aromatic heterocycles. The third kappa shape index (κ3) is 5.18. The SMILES string of the molecule is Cl.O=C(NCCC1CCNC1)c1ccc(OCC2CC2)cc1. The summed E-state index contributed by atoms with van der Waals surface area (Å²) in [6.45, 7) is 3.76. The van der Waals surface area contributed by atoms with Crippen LogP contribution in [0.1, 0.15) is 36.0 Å². The molecule has 1 saturated heterocycles. The van der Waals surface area contributed by atoms with Crippen molar-refractivity contribution in [1.82, 2.24) is 10.6 Å². The lowest BCUT2D eigenvalue weighted by atomic mass is 10.1. The highest BCUT2D eigenvalue weighted by atomic mass is 35.5. The first-order chi connectivity index (χ1) is 10.3. The van der Waals surface area contributed by atoms with Crippen molar-refractivity contribution in [3.8, 4) is 5.75 Å². The van der Waals surface area contributed by atoms with E-state index in [1.807, 2.05) is 24.3 Å². The van der Waals surface area contributed by atoms with Gasteiger partial charge in [-0.05, 0) is 74.9 Å². The molecule has 5 heteroatoms. The van der Waals surface area contributed by atoms with Crippen molar-refractivity contribution in [2.45, 2.75) is 25.7 Å². The Morgan fingerprint density at radius 1 is 1.18 bits per heavy atom. The Labute approximate surface area is 138 Å². The van der Waals surface area contributed by atoms with Gasteiger partial charge in [0.15, 0.2) is 0 Å². The van der Waals surface area contributed by atoms with Gasteiger partial charge in [-0.3, -0.25) is 4.79 Å². The molecule has 1 aromatic rings. The average Bonchev–Trinajstić information content (AvgIpc) is 3.20. The number of ether oxygens (including phenoxy) is 1. The minimum Gasteiger partial charge on any atom is -0.493 e. The van der Waals surface area contributed by atoms with Crippen molar-refractivity contribution in [3.63, 3.8) is 0 Å². The summed E-state index contributed by atoms with van der Waals surface area (Å²) in [5.41, 5.74) is 0.707. The van der Waals surface area contributed by atoms with E-state index >= 15 is 0 Å². The van der Waals surface area contributed by atoms with Crippen LogP contribution >= 0.6 is 12.4 Å². The summed E-state index contributed by atoms with van der Waals surface area (Å²) in [7, 11) is 0. The Bertz CT molecular complexity index is 468. The molecule has 4 nitrogen and oxygen atoms in total. The van der Waals surface area contributed by atoms with Crippen LogP contribution in [0.25, 0.3) is 0 Å². The van der Waals surface area contributed by atoms with E-state index in [-0.39, 0.29) is 18.3 Å². The Balaban J connectivity index is 0.00000176. The number of nitrogens with one attached hydrogen (secondary N) is 2. The number of halogens is 1. The maximum atomic E-state index is 12.0. The number of rotatable bonds is 7. The van der Waals surface area contributed by atoms with E-state index in [1.165, 1.54) is 19.3 Å². The monoisotopic (exact) mass is 324 g/mol. The second kappa shape index (κ2) is 8.39. The van der Waals surface area contributed by atoms with E-state index < -0.39 is 0 Å². The standard InChI is InChI=1S/C17H24N2O2.ClH/c20-17(19-10-8-13-7-9-18-11-13)15-3-5-16(6-4-15)21-12-14-1-2-14;/h3-6,13-14,18H,1-2,7-12H2,(H,19,20);1H. The minimum atomic E-state index is 0. The third-order valence-electron chi connectivity index (χ3n) is 4.30. The van der Waals surface area contributed by atoms with Crippen LogP contribution < -0.4 is 15.4 Å². The number of benzene rings is 1. The van der Waals surface area contributed by atoms with Crippen LogP contribution in [0.2, 0.25) is 0 Å². The van der Waals surface area contributed by atoms with Gasteiger partial charge < -0.3 is 15.4 Å². The summed E-state index contributed by atoms with van der Waals surface area (Å²) in [5, 5.41) is 6.34. The molecular weight excluding hydrogens is 300 g/mol. The summed E-state index contributed by atoms with van der Waals surface area (Å²) in [4.78, 5) is 12.0. The molecule has 2 N–H and O–H groups in total. The molecule has 122 valence electrons. The summed E-state index contributed by atoms with van der Waals surface area (Å²) in [6.07, 6.45) is 4.86. The molecule has 2 aliphatic rings. The molecule has 1 atom stereocenters. The molecule has 0 radical (unpaired) electrons. The van der Waals surface area contributed by atoms with Gasteiger partial charge in [-0.1, -0.05) is 0 Å². The van der Waals surface area contributed by atoms with Gasteiger partial charge in [-0.2, -0.15) is 0 Å². The second-order valence-electron chi connectivity index (χ2n) is 6.18. The summed E-state index contributed by atoms with van der Waals surface area (Å²) in [5.74, 6) is 2.33. The molecule has 1 aliphatic carbocycles. The average molecular weight is 325 g/mol. The van der Waals surface area contributed by atoms with Crippen molar-refractivity contribution in [1.29, 1.82) is 0 Å². The van der Waals surface area contributed by atoms with E-state index in [4.69, 9.17) is 4.74 Å². The van der Waals surface area contributed by atoms with Gasteiger partial charge in [0.05, 0.1) is 6.61 Å². The third-order valence-corrected chi connectivity index (χ3v) is 4.30. The lowest BCUT2D eigenvalue weighted by Crippen LogP contribution is -2.26. The van der Waals surface area contributed by atoms with Crippen LogP contribution in [-0.4, -0.2) is 32.1 Å². The first-order valence-corrected chi connectivity index (χ1v) is 8.03. The maximum absolute atomic E-state index is 12.0. The van der Waals surface area contributed by atoms with Crippen molar-refractivity contribution in [2.24, 2.45) is 11.8 Å². The van der Waals surface area contributed by atoms with Crippen molar-refractivity contribution in [3.05, 3.63) is 29.8 Å². The van der Waals surface area contributed by atoms with Gasteiger partial charge in [-0.25, -0.2) is 0 Å². The molecule has 1 amide bonds. The molecular formula is C17H25ClN2O2. The van der Waals surface area contributed by atoms with Gasteiger partial charge in [0, 0.05) is 12.1 Å². The van der Waals surface area contributed by atoms with E-state index in [0.717, 1.165) is 44.3 Å². The first-order valence-electron chi connectivity index (χ1n) is 8.03. The normalized spacial score (nSPS) is 20.3. The van der Waals surface area contributed by atoms with Crippen molar-refractivity contribution in [2.75, 3.05) is 26.2 Å². The van der Waals surface area contributed by atoms with Gasteiger partial charge >= 0.3 is 0 Å². The van der Waals surface area contributed by atoms with Crippen LogP contribution in [0, 0.1) is 11.8 Å². The molecule has 1 saturated carbocycles. The minimum absolute atomic E-state index is 0. The van der Waals surface area contributed by atoms with Crippen LogP contribution in [0.15, 0.2) is 24.3 Å². The van der Waals surface area contributed by atoms with Crippen molar-refractivity contribution < 1.29 is 9.53 Å². The van der Waals surface area contributed by atoms with E-state index in [0.29, 0.717) is 11.5 Å². The van der Waals surface area contributed by atoms with E-state index in [2.05, 4.69) is 10.6 Å². The number of hydrogen-bond donors (Lipinski definition) is 2. The molecule has 1 aromatic carbocycles. The highest BCUT2D eigenvalue weighted by Crippen LogP contribution is 2.29. The number of hydrogen-bond acceptors (Lipinski definition) is 3. The van der Waals surface area contributed by atoms with Gasteiger partial charge in [0.25, 0.3) is 5.91 Å². The molecule has 1 unspecified atom stereocenters. The predicted molar refractivity (Wildman–Crippen MR) is 89.8 cm³/mol. The van der Waals surface area contributed by atoms with Crippen LogP contribution in [0.5, 0.6) is 5.75 Å². The summed E-state index contributed by atoms with van der Waals surface area (Å²) >= 11 is 0. The lowest BCUT2D eigenvalue weighted by Gasteiger charge is -2.10. The predicted octanol–water partition coefficient (Wildman–Crippen LogP) is 2.63. The van der Waals surface area contributed by atoms with E-state index in [9.17, 15) is 4.79 Å². The van der Waals surface area contributed by atoms with Crippen LogP contribution in [-0.2, 0) is 0 Å². The smallest absolute Gasteiger partial charge is 0.251 e. The topological polar surface area (TPSA) is 50.4 Å². The second-order valence-corrected chi connectivity index (χ2v) is 6.18. The number of amides is 1. The fourth-order valence-electron chi connectivity index (χ4n) is 2.65. The van der Waals surface area contributed by atoms with Crippen LogP contribution in [0.4, 0.5) is 0 Å². The zero-order valence-electron chi connectivity index (χ0n) is 12.8. The molecule has 3 rings (SSSR count). The quantitative estimate of drug-likeness (QED) is 0.810. The van der Waals surface area contributed by atoms with E-state index in [1.54, 1.807) is 0 Å². The molecule has 0 spiro atoms. The Kier molecular flexibility index (Phi) is 6.52. The summed E-state index contributed by atoms with van der Waals surface area (Å²) < 4.78 is 5.67. The molecule has 22 heavy (non-hydrogen) atoms. The molecule has 1 aliphatic heterocycles. The van der Waals surface area contributed by atoms with Crippen molar-refractivity contribution >= 4 is 18.3 Å². The fourth-order valence-corrected chi connectivity index (χ4v) is 2.65. The summed E-state index contributed by atoms with van der Waals surface area (Å²) in [6, 6.07) is 7.46. The highest BCUT2D eigenvalue weighted by Gasteiger charge is 2.21. The number of carbonyl (C=O) groups excluding carboxylic acids is 1. The fraction of sp³-hybridized carbons (Fsp3) is 0.588. The van der Waals surface area contributed by atoms with Gasteiger partial charge in [-0.15, -0.1) is 12.4 Å². The van der Waals surface area contributed by atoms with Crippen LogP contribution in [0.3, 0.4) is 0 Å². The molecule has 2 fully saturated rings. The number of carbonyl (C=O) groups is 1. The molecule has 1 heterocycles. The molecule has 0 bridgehead atoms.